The molecule has 0 unspecified atom stereocenters. The van der Waals surface area contributed by atoms with Gasteiger partial charge >= 0.3 is 0 Å². The van der Waals surface area contributed by atoms with Crippen LogP contribution in [0, 0.1) is 5.82 Å². The van der Waals surface area contributed by atoms with Crippen LogP contribution in [0.2, 0.25) is 0 Å². The Morgan fingerprint density at radius 3 is 2.80 bits per heavy atom. The molecule has 5 nitrogen and oxygen atoms in total. The molecule has 112 valence electrons. The first kappa shape index (κ1) is 16.4. The van der Waals surface area contributed by atoms with Crippen LogP contribution in [0.3, 0.4) is 0 Å². The Morgan fingerprint density at radius 2 is 2.10 bits per heavy atom. The summed E-state index contributed by atoms with van der Waals surface area (Å²) in [5.41, 5.74) is 0.865. The zero-order chi connectivity index (χ0) is 14.6. The monoisotopic (exact) mass is 283 g/mol. The van der Waals surface area contributed by atoms with Crippen LogP contribution in [0.4, 0.5) is 4.39 Å². The third-order valence-electron chi connectivity index (χ3n) is 2.54. The van der Waals surface area contributed by atoms with Gasteiger partial charge in [0.05, 0.1) is 19.8 Å². The Morgan fingerprint density at radius 1 is 1.25 bits per heavy atom. The minimum absolute atomic E-state index is 0.237. The maximum absolute atomic E-state index is 13.0. The van der Waals surface area contributed by atoms with Gasteiger partial charge in [0.15, 0.2) is 5.96 Å². The molecule has 0 aliphatic heterocycles. The van der Waals surface area contributed by atoms with E-state index in [1.54, 1.807) is 20.2 Å². The number of ether oxygens (including phenoxy) is 2. The number of hydrogen-bond acceptors (Lipinski definition) is 3. The third kappa shape index (κ3) is 7.06. The molecule has 1 rings (SSSR count). The van der Waals surface area contributed by atoms with Gasteiger partial charge in [0, 0.05) is 27.2 Å². The van der Waals surface area contributed by atoms with E-state index in [9.17, 15) is 4.39 Å². The third-order valence-corrected chi connectivity index (χ3v) is 2.54. The minimum Gasteiger partial charge on any atom is -0.382 e. The predicted octanol–water partition coefficient (Wildman–Crippen LogP) is 1.15. The van der Waals surface area contributed by atoms with Gasteiger partial charge in [-0.25, -0.2) is 4.39 Å². The Balaban J connectivity index is 2.20. The van der Waals surface area contributed by atoms with Crippen LogP contribution in [0.15, 0.2) is 29.3 Å². The Labute approximate surface area is 119 Å². The number of guanidine groups is 1. The van der Waals surface area contributed by atoms with Gasteiger partial charge in [-0.05, 0) is 17.7 Å². The van der Waals surface area contributed by atoms with E-state index in [0.717, 1.165) is 5.56 Å². The van der Waals surface area contributed by atoms with Gasteiger partial charge in [0.25, 0.3) is 0 Å². The van der Waals surface area contributed by atoms with Crippen molar-refractivity contribution in [3.8, 4) is 0 Å². The molecule has 0 amide bonds. The average molecular weight is 283 g/mol. The summed E-state index contributed by atoms with van der Waals surface area (Å²) in [6.07, 6.45) is 0. The summed E-state index contributed by atoms with van der Waals surface area (Å²) in [5.74, 6) is 0.420. The fourth-order valence-electron chi connectivity index (χ4n) is 1.54. The SMILES string of the molecule is CN=C(NCCOCCOC)NCc1cccc(F)c1. The van der Waals surface area contributed by atoms with E-state index in [1.807, 2.05) is 6.07 Å². The van der Waals surface area contributed by atoms with Crippen LogP contribution < -0.4 is 10.6 Å². The number of nitrogens with zero attached hydrogens (tertiary/aromatic N) is 1. The van der Waals surface area contributed by atoms with Gasteiger partial charge in [0.1, 0.15) is 5.82 Å². The highest BCUT2D eigenvalue weighted by Crippen LogP contribution is 2.02. The normalized spacial score (nSPS) is 11.4. The molecule has 20 heavy (non-hydrogen) atoms. The quantitative estimate of drug-likeness (QED) is 0.427. The highest BCUT2D eigenvalue weighted by molar-refractivity contribution is 5.79. The first-order chi connectivity index (χ1) is 9.76. The standard InChI is InChI=1S/C14H22FN3O2/c1-16-14(17-6-7-20-9-8-19-2)18-11-12-4-3-5-13(15)10-12/h3-5,10H,6-9,11H2,1-2H3,(H2,16,17,18). The summed E-state index contributed by atoms with van der Waals surface area (Å²) in [6, 6.07) is 6.46. The Bertz CT molecular complexity index is 413. The van der Waals surface area contributed by atoms with Gasteiger partial charge in [-0.1, -0.05) is 12.1 Å². The molecule has 0 radical (unpaired) electrons. The van der Waals surface area contributed by atoms with E-state index < -0.39 is 0 Å². The molecule has 0 aromatic heterocycles. The summed E-state index contributed by atoms with van der Waals surface area (Å²) in [4.78, 5) is 4.08. The number of aliphatic imine (C=N–C) groups is 1. The molecular weight excluding hydrogens is 261 g/mol. The van der Waals surface area contributed by atoms with Crippen LogP contribution in [0.5, 0.6) is 0 Å². The molecule has 1 aromatic carbocycles. The second-order valence-corrected chi connectivity index (χ2v) is 4.09. The van der Waals surface area contributed by atoms with E-state index in [0.29, 0.717) is 38.9 Å². The maximum atomic E-state index is 13.0. The van der Waals surface area contributed by atoms with Crippen LogP contribution in [0.25, 0.3) is 0 Å². The second kappa shape index (κ2) is 10.2. The molecule has 0 heterocycles. The highest BCUT2D eigenvalue weighted by atomic mass is 19.1. The van der Waals surface area contributed by atoms with Crippen LogP contribution in [-0.4, -0.2) is 46.5 Å². The summed E-state index contributed by atoms with van der Waals surface area (Å²) in [5, 5.41) is 6.22. The molecule has 0 aliphatic rings. The average Bonchev–Trinajstić information content (AvgIpc) is 2.46. The zero-order valence-electron chi connectivity index (χ0n) is 12.0. The number of halogens is 1. The molecule has 0 saturated heterocycles. The largest absolute Gasteiger partial charge is 0.382 e. The fraction of sp³-hybridized carbons (Fsp3) is 0.500. The Kier molecular flexibility index (Phi) is 8.33. The van der Waals surface area contributed by atoms with Gasteiger partial charge in [0.2, 0.25) is 0 Å². The van der Waals surface area contributed by atoms with Gasteiger partial charge in [-0.2, -0.15) is 0 Å². The van der Waals surface area contributed by atoms with Crippen molar-refractivity contribution >= 4 is 5.96 Å². The smallest absolute Gasteiger partial charge is 0.191 e. The van der Waals surface area contributed by atoms with Crippen molar-refractivity contribution in [3.05, 3.63) is 35.6 Å². The highest BCUT2D eigenvalue weighted by Gasteiger charge is 1.99. The van der Waals surface area contributed by atoms with E-state index in [1.165, 1.54) is 12.1 Å². The van der Waals surface area contributed by atoms with Crippen molar-refractivity contribution in [1.82, 2.24) is 10.6 Å². The number of nitrogens with one attached hydrogen (secondary N) is 2. The van der Waals surface area contributed by atoms with E-state index in [4.69, 9.17) is 9.47 Å². The van der Waals surface area contributed by atoms with Crippen molar-refractivity contribution in [2.45, 2.75) is 6.54 Å². The molecule has 0 saturated carbocycles. The molecule has 0 fully saturated rings. The number of hydrogen-bond donors (Lipinski definition) is 2. The van der Waals surface area contributed by atoms with Crippen LogP contribution >= 0.6 is 0 Å². The molecule has 0 aliphatic carbocycles. The van der Waals surface area contributed by atoms with Crippen molar-refractivity contribution in [3.63, 3.8) is 0 Å². The molecule has 2 N–H and O–H groups in total. The summed E-state index contributed by atoms with van der Waals surface area (Å²) < 4.78 is 23.2. The zero-order valence-corrected chi connectivity index (χ0v) is 12.0. The van der Waals surface area contributed by atoms with Crippen molar-refractivity contribution in [2.24, 2.45) is 4.99 Å². The molecular formula is C14H22FN3O2. The first-order valence-corrected chi connectivity index (χ1v) is 6.52. The number of benzene rings is 1. The molecule has 6 heteroatoms. The lowest BCUT2D eigenvalue weighted by Gasteiger charge is -2.12. The van der Waals surface area contributed by atoms with E-state index >= 15 is 0 Å². The van der Waals surface area contributed by atoms with Gasteiger partial charge in [-0.15, -0.1) is 0 Å². The maximum Gasteiger partial charge on any atom is 0.191 e. The van der Waals surface area contributed by atoms with Crippen molar-refractivity contribution in [1.29, 1.82) is 0 Å². The van der Waals surface area contributed by atoms with E-state index in [2.05, 4.69) is 15.6 Å². The lowest BCUT2D eigenvalue weighted by atomic mass is 10.2. The number of methoxy groups -OCH3 is 1. The summed E-state index contributed by atoms with van der Waals surface area (Å²) >= 11 is 0. The van der Waals surface area contributed by atoms with Crippen LogP contribution in [-0.2, 0) is 16.0 Å². The predicted molar refractivity (Wildman–Crippen MR) is 77.3 cm³/mol. The summed E-state index contributed by atoms with van der Waals surface area (Å²) in [7, 11) is 3.33. The molecule has 1 aromatic rings. The topological polar surface area (TPSA) is 54.9 Å². The summed E-state index contributed by atoms with van der Waals surface area (Å²) in [6.45, 7) is 2.90. The Hall–Kier alpha value is -1.66. The van der Waals surface area contributed by atoms with Crippen molar-refractivity contribution < 1.29 is 13.9 Å². The van der Waals surface area contributed by atoms with Gasteiger partial charge < -0.3 is 20.1 Å². The molecule has 0 bridgehead atoms. The van der Waals surface area contributed by atoms with Crippen LogP contribution in [0.1, 0.15) is 5.56 Å². The minimum atomic E-state index is -0.237. The first-order valence-electron chi connectivity index (χ1n) is 6.52. The second-order valence-electron chi connectivity index (χ2n) is 4.09. The lowest BCUT2D eigenvalue weighted by molar-refractivity contribution is 0.0733. The molecule has 0 atom stereocenters. The fourth-order valence-corrected chi connectivity index (χ4v) is 1.54. The number of rotatable bonds is 8. The van der Waals surface area contributed by atoms with Gasteiger partial charge in [-0.3, -0.25) is 4.99 Å². The van der Waals surface area contributed by atoms with Crippen molar-refractivity contribution in [2.75, 3.05) is 40.5 Å². The molecule has 0 spiro atoms. The van der Waals surface area contributed by atoms with E-state index in [-0.39, 0.29) is 5.82 Å². The lowest BCUT2D eigenvalue weighted by Crippen LogP contribution is -2.38.